The fourth-order valence-corrected chi connectivity index (χ4v) is 1.68. The lowest BCUT2D eigenvalue weighted by Crippen LogP contribution is -2.12. The number of methoxy groups -OCH3 is 1. The van der Waals surface area contributed by atoms with E-state index < -0.39 is 0 Å². The summed E-state index contributed by atoms with van der Waals surface area (Å²) >= 11 is 0. The Bertz CT molecular complexity index is 406. The van der Waals surface area contributed by atoms with Gasteiger partial charge in [-0.25, -0.2) is 4.79 Å². The number of carbonyl (C=O) groups is 1. The fraction of sp³-hybridized carbons (Fsp3) is 0.444. The molecule has 2 rings (SSSR count). The molecule has 0 saturated heterocycles. The highest BCUT2D eigenvalue weighted by Crippen LogP contribution is 2.28. The number of rotatable bonds is 1. The Hall–Kier alpha value is -1.65. The first-order valence-corrected chi connectivity index (χ1v) is 4.42. The van der Waals surface area contributed by atoms with Gasteiger partial charge in [0.05, 0.1) is 12.8 Å². The Morgan fingerprint density at radius 2 is 2.21 bits per heavy atom. The average Bonchev–Trinajstić information content (AvgIpc) is 2.66. The number of aromatic amines is 1. The standard InChI is InChI=1S/C9H11N3O2/c1-5-6(9(13)14-2)3-4-7-8(5)11-12-10-7/h3-4H2,1-2H3,(H,10,11,12). The molecule has 1 N–H and O–H groups in total. The highest BCUT2D eigenvalue weighted by atomic mass is 16.5. The van der Waals surface area contributed by atoms with Crippen molar-refractivity contribution >= 4 is 11.5 Å². The minimum atomic E-state index is -0.267. The van der Waals surface area contributed by atoms with Gasteiger partial charge in [-0.15, -0.1) is 0 Å². The third-order valence-corrected chi connectivity index (χ3v) is 2.47. The summed E-state index contributed by atoms with van der Waals surface area (Å²) in [5, 5.41) is 10.6. The van der Waals surface area contributed by atoms with E-state index in [9.17, 15) is 4.79 Å². The number of carbonyl (C=O) groups excluding carboxylic acids is 1. The monoisotopic (exact) mass is 193 g/mol. The maximum Gasteiger partial charge on any atom is 0.334 e. The fourth-order valence-electron chi connectivity index (χ4n) is 1.68. The van der Waals surface area contributed by atoms with Gasteiger partial charge in [0.2, 0.25) is 0 Å². The molecule has 1 aliphatic rings. The van der Waals surface area contributed by atoms with E-state index in [1.54, 1.807) is 0 Å². The van der Waals surface area contributed by atoms with Crippen LogP contribution in [0.15, 0.2) is 5.57 Å². The zero-order chi connectivity index (χ0) is 10.1. The van der Waals surface area contributed by atoms with Crippen molar-refractivity contribution in [1.82, 2.24) is 15.4 Å². The van der Waals surface area contributed by atoms with Crippen LogP contribution in [0.25, 0.3) is 5.57 Å². The summed E-state index contributed by atoms with van der Waals surface area (Å²) in [6.45, 7) is 1.87. The van der Waals surface area contributed by atoms with Crippen LogP contribution >= 0.6 is 0 Å². The van der Waals surface area contributed by atoms with Crippen LogP contribution in [0.3, 0.4) is 0 Å². The summed E-state index contributed by atoms with van der Waals surface area (Å²) in [5.74, 6) is -0.267. The second-order valence-corrected chi connectivity index (χ2v) is 3.21. The molecule has 1 aromatic rings. The third-order valence-electron chi connectivity index (χ3n) is 2.47. The number of nitrogens with one attached hydrogen (secondary N) is 1. The lowest BCUT2D eigenvalue weighted by molar-refractivity contribution is -0.136. The number of H-pyrrole nitrogens is 1. The van der Waals surface area contributed by atoms with Gasteiger partial charge in [-0.3, -0.25) is 0 Å². The van der Waals surface area contributed by atoms with E-state index in [2.05, 4.69) is 15.4 Å². The molecule has 0 radical (unpaired) electrons. The van der Waals surface area contributed by atoms with E-state index in [0.717, 1.165) is 23.4 Å². The second-order valence-electron chi connectivity index (χ2n) is 3.21. The van der Waals surface area contributed by atoms with Crippen molar-refractivity contribution in [3.05, 3.63) is 17.0 Å². The molecule has 0 fully saturated rings. The zero-order valence-electron chi connectivity index (χ0n) is 8.13. The Balaban J connectivity index is 2.45. The molecular formula is C9H11N3O2. The summed E-state index contributed by atoms with van der Waals surface area (Å²) in [7, 11) is 1.39. The molecule has 1 aliphatic carbocycles. The second kappa shape index (κ2) is 3.25. The van der Waals surface area contributed by atoms with Crippen molar-refractivity contribution in [3.63, 3.8) is 0 Å². The molecule has 0 atom stereocenters. The quantitative estimate of drug-likeness (QED) is 0.666. The summed E-state index contributed by atoms with van der Waals surface area (Å²) < 4.78 is 4.70. The number of hydrogen-bond acceptors (Lipinski definition) is 4. The molecule has 5 nitrogen and oxygen atoms in total. The van der Waals surface area contributed by atoms with Gasteiger partial charge in [-0.2, -0.15) is 15.4 Å². The minimum absolute atomic E-state index is 0.267. The van der Waals surface area contributed by atoms with Crippen LogP contribution in [0.4, 0.5) is 0 Å². The van der Waals surface area contributed by atoms with E-state index >= 15 is 0 Å². The third kappa shape index (κ3) is 1.21. The van der Waals surface area contributed by atoms with E-state index in [4.69, 9.17) is 4.74 Å². The summed E-state index contributed by atoms with van der Waals surface area (Å²) in [4.78, 5) is 11.4. The van der Waals surface area contributed by atoms with Crippen LogP contribution in [0.1, 0.15) is 24.7 Å². The number of fused-ring (bicyclic) bond motifs is 1. The average molecular weight is 193 g/mol. The van der Waals surface area contributed by atoms with Crippen LogP contribution in [-0.4, -0.2) is 28.5 Å². The molecule has 74 valence electrons. The number of esters is 1. The van der Waals surface area contributed by atoms with Gasteiger partial charge >= 0.3 is 5.97 Å². The first kappa shape index (κ1) is 8.93. The first-order chi connectivity index (χ1) is 6.74. The first-order valence-electron chi connectivity index (χ1n) is 4.42. The lowest BCUT2D eigenvalue weighted by Gasteiger charge is -2.13. The normalized spacial score (nSPS) is 15.3. The van der Waals surface area contributed by atoms with Crippen LogP contribution in [0, 0.1) is 0 Å². The lowest BCUT2D eigenvalue weighted by atomic mass is 9.93. The largest absolute Gasteiger partial charge is 0.466 e. The van der Waals surface area contributed by atoms with Crippen molar-refractivity contribution < 1.29 is 9.53 Å². The number of aryl methyl sites for hydroxylation is 1. The van der Waals surface area contributed by atoms with E-state index in [0.29, 0.717) is 12.0 Å². The molecule has 1 aromatic heterocycles. The minimum Gasteiger partial charge on any atom is -0.466 e. The van der Waals surface area contributed by atoms with Crippen LogP contribution < -0.4 is 0 Å². The van der Waals surface area contributed by atoms with Crippen LogP contribution in [0.2, 0.25) is 0 Å². The predicted molar refractivity (Wildman–Crippen MR) is 49.3 cm³/mol. The number of nitrogens with zero attached hydrogens (tertiary/aromatic N) is 2. The Morgan fingerprint density at radius 1 is 1.43 bits per heavy atom. The number of ether oxygens (including phenoxy) is 1. The number of allylic oxidation sites excluding steroid dienone is 1. The molecule has 1 heterocycles. The molecule has 0 amide bonds. The van der Waals surface area contributed by atoms with E-state index in [-0.39, 0.29) is 5.97 Å². The van der Waals surface area contributed by atoms with E-state index in [1.165, 1.54) is 7.11 Å². The highest BCUT2D eigenvalue weighted by molar-refractivity contribution is 5.97. The molecule has 0 spiro atoms. The summed E-state index contributed by atoms with van der Waals surface area (Å²) in [6.07, 6.45) is 1.42. The van der Waals surface area contributed by atoms with Gasteiger partial charge in [0, 0.05) is 5.57 Å². The van der Waals surface area contributed by atoms with Crippen molar-refractivity contribution in [2.24, 2.45) is 0 Å². The van der Waals surface area contributed by atoms with Crippen molar-refractivity contribution in [2.75, 3.05) is 7.11 Å². The summed E-state index contributed by atoms with van der Waals surface area (Å²) in [6, 6.07) is 0. The molecule has 0 aromatic carbocycles. The predicted octanol–water partition coefficient (Wildman–Crippen LogP) is 0.697. The van der Waals surface area contributed by atoms with Crippen molar-refractivity contribution in [3.8, 4) is 0 Å². The Morgan fingerprint density at radius 3 is 2.93 bits per heavy atom. The SMILES string of the molecule is COC(=O)C1=C(C)c2n[nH]nc2CC1. The maximum absolute atomic E-state index is 11.4. The van der Waals surface area contributed by atoms with Gasteiger partial charge in [0.15, 0.2) is 0 Å². The van der Waals surface area contributed by atoms with Gasteiger partial charge in [-0.05, 0) is 25.3 Å². The summed E-state index contributed by atoms with van der Waals surface area (Å²) in [5.41, 5.74) is 3.28. The van der Waals surface area contributed by atoms with Crippen LogP contribution in [0.5, 0.6) is 0 Å². The molecule has 0 aliphatic heterocycles. The molecule has 14 heavy (non-hydrogen) atoms. The molecule has 5 heteroatoms. The van der Waals surface area contributed by atoms with Crippen LogP contribution in [-0.2, 0) is 16.0 Å². The maximum atomic E-state index is 11.4. The van der Waals surface area contributed by atoms with Crippen molar-refractivity contribution in [2.45, 2.75) is 19.8 Å². The van der Waals surface area contributed by atoms with Gasteiger partial charge in [0.25, 0.3) is 0 Å². The molecule has 0 unspecified atom stereocenters. The Kier molecular flexibility index (Phi) is 2.07. The topological polar surface area (TPSA) is 67.9 Å². The zero-order valence-corrected chi connectivity index (χ0v) is 8.13. The van der Waals surface area contributed by atoms with Gasteiger partial charge < -0.3 is 4.74 Å². The Labute approximate surface area is 81.2 Å². The van der Waals surface area contributed by atoms with Gasteiger partial charge in [-0.1, -0.05) is 0 Å². The molecule has 0 saturated carbocycles. The molecule has 0 bridgehead atoms. The number of aromatic nitrogens is 3. The molecular weight excluding hydrogens is 182 g/mol. The van der Waals surface area contributed by atoms with Crippen molar-refractivity contribution in [1.29, 1.82) is 0 Å². The number of hydrogen-bond donors (Lipinski definition) is 1. The smallest absolute Gasteiger partial charge is 0.334 e. The highest BCUT2D eigenvalue weighted by Gasteiger charge is 2.23. The van der Waals surface area contributed by atoms with Gasteiger partial charge in [0.1, 0.15) is 5.69 Å². The van der Waals surface area contributed by atoms with E-state index in [1.807, 2.05) is 6.92 Å².